The normalized spacial score (nSPS) is 15.7. The number of rotatable bonds is 0. The van der Waals surface area contributed by atoms with Crippen molar-refractivity contribution in [3.05, 3.63) is 41.6 Å². The van der Waals surface area contributed by atoms with Crippen LogP contribution < -0.4 is 5.32 Å². The van der Waals surface area contributed by atoms with Crippen LogP contribution in [0.3, 0.4) is 0 Å². The number of nitrogens with one attached hydrogen (secondary N) is 1. The molecule has 0 bridgehead atoms. The van der Waals surface area contributed by atoms with Crippen LogP contribution >= 0.6 is 0 Å². The Morgan fingerprint density at radius 3 is 2.62 bits per heavy atom. The topological polar surface area (TPSA) is 29.1 Å². The molecule has 0 amide bonds. The minimum Gasteiger partial charge on any atom is -0.353 e. The first-order valence-electron chi connectivity index (χ1n) is 5.50. The van der Waals surface area contributed by atoms with Crippen molar-refractivity contribution in [2.75, 3.05) is 5.32 Å². The van der Waals surface area contributed by atoms with E-state index in [0.717, 1.165) is 11.3 Å². The van der Waals surface area contributed by atoms with Crippen LogP contribution in [0.5, 0.6) is 0 Å². The summed E-state index contributed by atoms with van der Waals surface area (Å²) < 4.78 is 0. The number of carbonyl (C=O) groups excluding carboxylic acids is 1. The van der Waals surface area contributed by atoms with Gasteiger partial charge in [0.25, 0.3) is 0 Å². The summed E-state index contributed by atoms with van der Waals surface area (Å²) in [6.45, 7) is 10.3. The predicted molar refractivity (Wildman–Crippen MR) is 66.6 cm³/mol. The number of benzene rings is 1. The summed E-state index contributed by atoms with van der Waals surface area (Å²) in [7, 11) is 0. The maximum Gasteiger partial charge on any atom is 0.182 e. The lowest BCUT2D eigenvalue weighted by molar-refractivity contribution is -0.114. The van der Waals surface area contributed by atoms with Crippen molar-refractivity contribution in [2.45, 2.75) is 32.6 Å². The van der Waals surface area contributed by atoms with Crippen molar-refractivity contribution < 1.29 is 4.79 Å². The minimum absolute atomic E-state index is 0.0796. The van der Waals surface area contributed by atoms with Crippen LogP contribution in [0.25, 0.3) is 0 Å². The summed E-state index contributed by atoms with van der Waals surface area (Å²) in [5.41, 5.74) is 3.97. The van der Waals surface area contributed by atoms with Gasteiger partial charge in [-0.3, -0.25) is 4.79 Å². The zero-order valence-corrected chi connectivity index (χ0v) is 10.1. The van der Waals surface area contributed by atoms with E-state index in [4.69, 9.17) is 0 Å². The molecule has 1 aromatic carbocycles. The average molecular weight is 215 g/mol. The molecule has 2 heteroatoms. The highest BCUT2D eigenvalue weighted by atomic mass is 16.1. The molecule has 1 heterocycles. The Morgan fingerprint density at radius 1 is 1.31 bits per heavy atom. The van der Waals surface area contributed by atoms with Crippen LogP contribution in [0.4, 0.5) is 5.69 Å². The molecule has 0 unspecified atom stereocenters. The second-order valence-corrected chi connectivity index (χ2v) is 5.33. The van der Waals surface area contributed by atoms with E-state index in [2.05, 4.69) is 44.8 Å². The SMILES string of the molecule is C=C1Nc2cc(C(C)(C)C)ccc2CC1=O. The molecule has 1 N–H and O–H groups in total. The van der Waals surface area contributed by atoms with Gasteiger partial charge in [-0.15, -0.1) is 0 Å². The van der Waals surface area contributed by atoms with Crippen molar-refractivity contribution in [1.29, 1.82) is 0 Å². The number of allylic oxidation sites excluding steroid dienone is 1. The van der Waals surface area contributed by atoms with Gasteiger partial charge in [-0.1, -0.05) is 39.5 Å². The van der Waals surface area contributed by atoms with Gasteiger partial charge in [-0.2, -0.15) is 0 Å². The number of fused-ring (bicyclic) bond motifs is 1. The van der Waals surface area contributed by atoms with Gasteiger partial charge in [0.2, 0.25) is 0 Å². The Bertz CT molecular complexity index is 466. The van der Waals surface area contributed by atoms with E-state index in [1.165, 1.54) is 5.56 Å². The molecule has 1 aliphatic heterocycles. The molecule has 2 nitrogen and oxygen atoms in total. The number of carbonyl (C=O) groups is 1. The maximum absolute atomic E-state index is 11.5. The number of hydrogen-bond donors (Lipinski definition) is 1. The fourth-order valence-corrected chi connectivity index (χ4v) is 1.83. The van der Waals surface area contributed by atoms with E-state index in [9.17, 15) is 4.79 Å². The lowest BCUT2D eigenvalue weighted by atomic mass is 9.85. The molecule has 0 aliphatic carbocycles. The first kappa shape index (κ1) is 10.9. The first-order valence-corrected chi connectivity index (χ1v) is 5.50. The quantitative estimate of drug-likeness (QED) is 0.674. The van der Waals surface area contributed by atoms with Gasteiger partial charge in [-0.05, 0) is 22.6 Å². The van der Waals surface area contributed by atoms with Crippen LogP contribution in [0.1, 0.15) is 31.9 Å². The number of hydrogen-bond acceptors (Lipinski definition) is 2. The lowest BCUT2D eigenvalue weighted by Gasteiger charge is -2.24. The van der Waals surface area contributed by atoms with E-state index < -0.39 is 0 Å². The van der Waals surface area contributed by atoms with Crippen LogP contribution in [0.2, 0.25) is 0 Å². The molecule has 0 saturated heterocycles. The summed E-state index contributed by atoms with van der Waals surface area (Å²) >= 11 is 0. The minimum atomic E-state index is 0.0796. The molecule has 84 valence electrons. The monoisotopic (exact) mass is 215 g/mol. The van der Waals surface area contributed by atoms with Gasteiger partial charge >= 0.3 is 0 Å². The molecular formula is C14H17NO. The molecule has 0 radical (unpaired) electrons. The zero-order valence-electron chi connectivity index (χ0n) is 10.1. The molecule has 0 atom stereocenters. The van der Waals surface area contributed by atoms with Crippen molar-refractivity contribution in [1.82, 2.24) is 0 Å². The van der Waals surface area contributed by atoms with E-state index >= 15 is 0 Å². The predicted octanol–water partition coefficient (Wildman–Crippen LogP) is 3.03. The van der Waals surface area contributed by atoms with Crippen molar-refractivity contribution >= 4 is 11.5 Å². The molecule has 16 heavy (non-hydrogen) atoms. The summed E-state index contributed by atoms with van der Waals surface area (Å²) in [6, 6.07) is 6.25. The van der Waals surface area contributed by atoms with Crippen molar-refractivity contribution in [2.24, 2.45) is 0 Å². The van der Waals surface area contributed by atoms with Gasteiger partial charge in [0.05, 0.1) is 5.70 Å². The molecule has 0 saturated carbocycles. The fourth-order valence-electron chi connectivity index (χ4n) is 1.83. The third-order valence-corrected chi connectivity index (χ3v) is 2.95. The third kappa shape index (κ3) is 1.87. The smallest absolute Gasteiger partial charge is 0.182 e. The van der Waals surface area contributed by atoms with Gasteiger partial charge in [0.1, 0.15) is 0 Å². The summed E-state index contributed by atoms with van der Waals surface area (Å²) in [5, 5.41) is 3.08. The zero-order chi connectivity index (χ0) is 11.9. The van der Waals surface area contributed by atoms with Crippen LogP contribution in [0.15, 0.2) is 30.5 Å². The van der Waals surface area contributed by atoms with Crippen LogP contribution in [-0.2, 0) is 16.6 Å². The number of Topliss-reactive ketones (excluding diaryl/α,β-unsaturated/α-hetero) is 1. The Labute approximate surface area is 96.4 Å². The molecule has 1 aromatic rings. The first-order chi connectivity index (χ1) is 7.38. The Hall–Kier alpha value is -1.57. The lowest BCUT2D eigenvalue weighted by Crippen LogP contribution is -2.21. The Kier molecular flexibility index (Phi) is 2.38. The molecule has 1 aliphatic rings. The number of anilines is 1. The van der Waals surface area contributed by atoms with E-state index in [-0.39, 0.29) is 11.2 Å². The van der Waals surface area contributed by atoms with Crippen molar-refractivity contribution in [3.8, 4) is 0 Å². The van der Waals surface area contributed by atoms with Gasteiger partial charge < -0.3 is 5.32 Å². The molecule has 0 aromatic heterocycles. The third-order valence-electron chi connectivity index (χ3n) is 2.95. The second kappa shape index (κ2) is 3.48. The maximum atomic E-state index is 11.5. The van der Waals surface area contributed by atoms with E-state index in [1.807, 2.05) is 6.07 Å². The highest BCUT2D eigenvalue weighted by Gasteiger charge is 2.21. The van der Waals surface area contributed by atoms with E-state index in [1.54, 1.807) is 0 Å². The van der Waals surface area contributed by atoms with Crippen molar-refractivity contribution in [3.63, 3.8) is 0 Å². The summed E-state index contributed by atoms with van der Waals surface area (Å²) in [6.07, 6.45) is 0.464. The Morgan fingerprint density at radius 2 is 2.00 bits per heavy atom. The van der Waals surface area contributed by atoms with Gasteiger partial charge in [0.15, 0.2) is 5.78 Å². The van der Waals surface area contributed by atoms with Gasteiger partial charge in [0, 0.05) is 12.1 Å². The molecule has 0 spiro atoms. The highest BCUT2D eigenvalue weighted by Crippen LogP contribution is 2.30. The Balaban J connectivity index is 2.44. The number of ketones is 1. The van der Waals surface area contributed by atoms with E-state index in [0.29, 0.717) is 12.1 Å². The molecule has 2 rings (SSSR count). The molecule has 0 fully saturated rings. The fraction of sp³-hybridized carbons (Fsp3) is 0.357. The second-order valence-electron chi connectivity index (χ2n) is 5.33. The highest BCUT2D eigenvalue weighted by molar-refractivity contribution is 6.02. The standard InChI is InChI=1S/C14H17NO/c1-9-13(16)7-10-5-6-11(14(2,3)4)8-12(10)15-9/h5-6,8,15H,1,7H2,2-4H3. The molecular weight excluding hydrogens is 198 g/mol. The summed E-state index contributed by atoms with van der Waals surface area (Å²) in [4.78, 5) is 11.5. The summed E-state index contributed by atoms with van der Waals surface area (Å²) in [5.74, 6) is 0.0796. The van der Waals surface area contributed by atoms with Crippen LogP contribution in [-0.4, -0.2) is 5.78 Å². The largest absolute Gasteiger partial charge is 0.353 e. The van der Waals surface area contributed by atoms with Crippen LogP contribution in [0, 0.1) is 0 Å². The average Bonchev–Trinajstić information content (AvgIpc) is 2.17. The van der Waals surface area contributed by atoms with Gasteiger partial charge in [-0.25, -0.2) is 0 Å².